The van der Waals surface area contributed by atoms with Crippen LogP contribution in [0.2, 0.25) is 0 Å². The number of amides is 2. The molecule has 1 aromatic heterocycles. The minimum Gasteiger partial charge on any atom is -0.406 e. The van der Waals surface area contributed by atoms with Gasteiger partial charge >= 0.3 is 6.36 Å². The molecule has 3 aromatic rings. The van der Waals surface area contributed by atoms with Crippen LogP contribution in [0.3, 0.4) is 0 Å². The van der Waals surface area contributed by atoms with E-state index in [1.54, 1.807) is 0 Å². The first-order valence-corrected chi connectivity index (χ1v) is 9.35. The zero-order valence-corrected chi connectivity index (χ0v) is 16.1. The Morgan fingerprint density at radius 3 is 2.52 bits per heavy atom. The van der Waals surface area contributed by atoms with Crippen molar-refractivity contribution < 1.29 is 27.5 Å². The van der Waals surface area contributed by atoms with Crippen LogP contribution >= 0.6 is 0 Å². The number of carbonyl (C=O) groups excluding carboxylic acids is 2. The molecule has 2 aliphatic rings. The number of carbonyl (C=O) groups is 2. The molecule has 0 saturated heterocycles. The molecule has 0 bridgehead atoms. The summed E-state index contributed by atoms with van der Waals surface area (Å²) in [7, 11) is 0. The van der Waals surface area contributed by atoms with Crippen molar-refractivity contribution in [3.05, 3.63) is 65.4 Å². The molecule has 0 aliphatic carbocycles. The summed E-state index contributed by atoms with van der Waals surface area (Å²) in [6.45, 7) is 1.87. The van der Waals surface area contributed by atoms with Crippen LogP contribution in [0.4, 0.5) is 24.7 Å². The predicted molar refractivity (Wildman–Crippen MR) is 104 cm³/mol. The van der Waals surface area contributed by atoms with E-state index in [0.717, 1.165) is 17.7 Å². The van der Waals surface area contributed by atoms with E-state index in [9.17, 15) is 22.8 Å². The number of nitrogens with one attached hydrogen (secondary N) is 2. The number of hydrogen-bond donors (Lipinski definition) is 2. The van der Waals surface area contributed by atoms with Crippen LogP contribution in [0.1, 0.15) is 23.1 Å². The number of fused-ring (bicyclic) bond motifs is 4. The van der Waals surface area contributed by atoms with Crippen LogP contribution in [0, 0.1) is 6.92 Å². The Hall–Kier alpha value is -3.82. The van der Waals surface area contributed by atoms with E-state index in [1.165, 1.54) is 23.0 Å². The van der Waals surface area contributed by atoms with Crippen molar-refractivity contribution >= 4 is 23.3 Å². The molecule has 2 N–H and O–H groups in total. The van der Waals surface area contributed by atoms with Crippen LogP contribution < -0.4 is 15.4 Å². The summed E-state index contributed by atoms with van der Waals surface area (Å²) in [6, 6.07) is 10.6. The number of para-hydroxylation sites is 1. The monoisotopic (exact) mass is 428 g/mol. The Morgan fingerprint density at radius 2 is 1.81 bits per heavy atom. The first-order chi connectivity index (χ1) is 14.7. The third-order valence-corrected chi connectivity index (χ3v) is 5.59. The number of hydrogen-bond acceptors (Lipinski definition) is 4. The number of nitrogens with zero attached hydrogens (tertiary/aromatic N) is 2. The second-order valence-electron chi connectivity index (χ2n) is 7.44. The number of alkyl halides is 3. The standard InChI is InChI=1S/C21H15F3N4O3/c1-11-3-2-4-14-17(11)27-19(30)20(14)9-16(29)26-18-15(20)10-25-28(18)12-5-7-13(8-6-12)31-21(22,23)24/h2-8,10H,9H2,1H3,(H,26,29)(H,27,30)/t20-/m0/s1. The highest BCUT2D eigenvalue weighted by molar-refractivity contribution is 6.15. The minimum absolute atomic E-state index is 0.0770. The van der Waals surface area contributed by atoms with Crippen molar-refractivity contribution in [2.24, 2.45) is 0 Å². The first-order valence-electron chi connectivity index (χ1n) is 9.35. The lowest BCUT2D eigenvalue weighted by atomic mass is 9.71. The lowest BCUT2D eigenvalue weighted by Gasteiger charge is -2.31. The van der Waals surface area contributed by atoms with E-state index in [0.29, 0.717) is 28.3 Å². The van der Waals surface area contributed by atoms with Gasteiger partial charge in [0.2, 0.25) is 11.8 Å². The number of aryl methyl sites for hydroxylation is 1. The van der Waals surface area contributed by atoms with Crippen molar-refractivity contribution in [2.75, 3.05) is 10.6 Å². The number of anilines is 2. The molecule has 7 nitrogen and oxygen atoms in total. The smallest absolute Gasteiger partial charge is 0.406 e. The number of aromatic nitrogens is 2. The Balaban J connectivity index is 1.62. The highest BCUT2D eigenvalue weighted by atomic mass is 19.4. The van der Waals surface area contributed by atoms with Gasteiger partial charge in [0.1, 0.15) is 17.0 Å². The van der Waals surface area contributed by atoms with Crippen molar-refractivity contribution in [3.63, 3.8) is 0 Å². The zero-order valence-electron chi connectivity index (χ0n) is 16.1. The topological polar surface area (TPSA) is 85.3 Å². The third-order valence-electron chi connectivity index (χ3n) is 5.59. The molecule has 2 amide bonds. The number of rotatable bonds is 2. The van der Waals surface area contributed by atoms with Gasteiger partial charge in [-0.2, -0.15) is 5.10 Å². The van der Waals surface area contributed by atoms with Crippen LogP contribution in [0.25, 0.3) is 5.69 Å². The van der Waals surface area contributed by atoms with E-state index < -0.39 is 11.8 Å². The molecule has 158 valence electrons. The summed E-state index contributed by atoms with van der Waals surface area (Å²) in [5.74, 6) is -0.764. The maximum absolute atomic E-state index is 13.1. The van der Waals surface area contributed by atoms with Crippen LogP contribution in [0.15, 0.2) is 48.7 Å². The zero-order chi connectivity index (χ0) is 22.0. The maximum Gasteiger partial charge on any atom is 0.573 e. The Bertz CT molecular complexity index is 1230. The van der Waals surface area contributed by atoms with E-state index in [1.807, 2.05) is 25.1 Å². The normalized spacial score (nSPS) is 19.6. The molecule has 2 aromatic carbocycles. The summed E-state index contributed by atoms with van der Waals surface area (Å²) in [5, 5.41) is 9.95. The molecule has 3 heterocycles. The summed E-state index contributed by atoms with van der Waals surface area (Å²) >= 11 is 0. The number of ether oxygens (including phenoxy) is 1. The highest BCUT2D eigenvalue weighted by Crippen LogP contribution is 2.50. The predicted octanol–water partition coefficient (Wildman–Crippen LogP) is 3.66. The molecule has 0 fully saturated rings. The lowest BCUT2D eigenvalue weighted by Crippen LogP contribution is -2.43. The molecule has 0 unspecified atom stereocenters. The average molecular weight is 428 g/mol. The Kier molecular flexibility index (Phi) is 3.92. The van der Waals surface area contributed by atoms with Gasteiger partial charge in [-0.1, -0.05) is 18.2 Å². The van der Waals surface area contributed by atoms with Crippen molar-refractivity contribution in [3.8, 4) is 11.4 Å². The fourth-order valence-corrected chi connectivity index (χ4v) is 4.25. The molecule has 1 atom stereocenters. The second kappa shape index (κ2) is 6.34. The van der Waals surface area contributed by atoms with Gasteiger partial charge < -0.3 is 15.4 Å². The second-order valence-corrected chi connectivity index (χ2v) is 7.44. The molecule has 1 spiro atoms. The molecular formula is C21H15F3N4O3. The van der Waals surface area contributed by atoms with Crippen LogP contribution in [-0.4, -0.2) is 28.0 Å². The van der Waals surface area contributed by atoms with Gasteiger partial charge in [-0.15, -0.1) is 13.2 Å². The van der Waals surface area contributed by atoms with Crippen LogP contribution in [0.5, 0.6) is 5.75 Å². The molecule has 10 heteroatoms. The summed E-state index contributed by atoms with van der Waals surface area (Å²) in [6.07, 6.45) is -3.37. The number of benzene rings is 2. The summed E-state index contributed by atoms with van der Waals surface area (Å²) < 4.78 is 42.5. The molecule has 31 heavy (non-hydrogen) atoms. The molecule has 2 aliphatic heterocycles. The SMILES string of the molecule is Cc1cccc2c1NC(=O)[C@@]21CC(=O)Nc2c1cnn2-c1ccc(OC(F)(F)F)cc1. The average Bonchev–Trinajstić information content (AvgIpc) is 3.23. The van der Waals surface area contributed by atoms with E-state index in [4.69, 9.17) is 0 Å². The summed E-state index contributed by atoms with van der Waals surface area (Å²) in [5.41, 5.74) is 1.94. The first kappa shape index (κ1) is 19.2. The minimum atomic E-state index is -4.80. The molecule has 5 rings (SSSR count). The molecule has 0 saturated carbocycles. The van der Waals surface area contributed by atoms with Gasteiger partial charge in [0.05, 0.1) is 11.9 Å². The van der Waals surface area contributed by atoms with Gasteiger partial charge in [-0.05, 0) is 42.3 Å². The van der Waals surface area contributed by atoms with Crippen molar-refractivity contribution in [1.82, 2.24) is 9.78 Å². The largest absolute Gasteiger partial charge is 0.573 e. The van der Waals surface area contributed by atoms with E-state index >= 15 is 0 Å². The van der Waals surface area contributed by atoms with Crippen molar-refractivity contribution in [2.45, 2.75) is 25.1 Å². The maximum atomic E-state index is 13.1. The van der Waals surface area contributed by atoms with E-state index in [-0.39, 0.29) is 24.0 Å². The highest BCUT2D eigenvalue weighted by Gasteiger charge is 2.54. The van der Waals surface area contributed by atoms with Crippen molar-refractivity contribution in [1.29, 1.82) is 0 Å². The van der Waals surface area contributed by atoms with Gasteiger partial charge in [0.25, 0.3) is 0 Å². The molecular weight excluding hydrogens is 413 g/mol. The van der Waals surface area contributed by atoms with Crippen LogP contribution in [-0.2, 0) is 15.0 Å². The van der Waals surface area contributed by atoms with Gasteiger partial charge in [-0.25, -0.2) is 4.68 Å². The van der Waals surface area contributed by atoms with Gasteiger partial charge in [-0.3, -0.25) is 9.59 Å². The van der Waals surface area contributed by atoms with Gasteiger partial charge in [0, 0.05) is 17.7 Å². The Morgan fingerprint density at radius 1 is 1.06 bits per heavy atom. The number of halogens is 3. The molecule has 0 radical (unpaired) electrons. The fraction of sp³-hybridized carbons (Fsp3) is 0.190. The fourth-order valence-electron chi connectivity index (χ4n) is 4.25. The van der Waals surface area contributed by atoms with Gasteiger partial charge in [0.15, 0.2) is 0 Å². The quantitative estimate of drug-likeness (QED) is 0.653. The Labute approximate surface area is 173 Å². The van der Waals surface area contributed by atoms with E-state index in [2.05, 4.69) is 20.5 Å². The third kappa shape index (κ3) is 2.86. The lowest BCUT2D eigenvalue weighted by molar-refractivity contribution is -0.274. The summed E-state index contributed by atoms with van der Waals surface area (Å²) in [4.78, 5) is 25.8.